The summed E-state index contributed by atoms with van der Waals surface area (Å²) in [6, 6.07) is 14.8. The molecule has 0 fully saturated rings. The van der Waals surface area contributed by atoms with Crippen LogP contribution in [0.1, 0.15) is 17.0 Å². The predicted octanol–water partition coefficient (Wildman–Crippen LogP) is 5.32. The topological polar surface area (TPSA) is 37.9 Å². The summed E-state index contributed by atoms with van der Waals surface area (Å²) in [7, 11) is 1.70. The van der Waals surface area contributed by atoms with E-state index in [9.17, 15) is 0 Å². The second-order valence-electron chi connectivity index (χ2n) is 6.37. The molecule has 0 saturated heterocycles. The SMILES string of the molecule is COc1ccc2nc(C)cc(-c3c(C)[nH]c4ccc(C)cc34)c2c1. The van der Waals surface area contributed by atoms with Crippen molar-refractivity contribution >= 4 is 21.8 Å². The molecule has 0 aliphatic rings. The Kier molecular flexibility index (Phi) is 3.31. The fraction of sp³-hybridized carbons (Fsp3) is 0.190. The van der Waals surface area contributed by atoms with Crippen LogP contribution in [0.3, 0.4) is 0 Å². The molecule has 1 N–H and O–H groups in total. The molecular formula is C21H20N2O. The van der Waals surface area contributed by atoms with Gasteiger partial charge in [0.05, 0.1) is 12.6 Å². The number of aromatic amines is 1. The zero-order chi connectivity index (χ0) is 16.8. The average molecular weight is 316 g/mol. The van der Waals surface area contributed by atoms with Gasteiger partial charge in [-0.1, -0.05) is 11.6 Å². The van der Waals surface area contributed by atoms with Gasteiger partial charge in [0.2, 0.25) is 0 Å². The van der Waals surface area contributed by atoms with Gasteiger partial charge in [-0.15, -0.1) is 0 Å². The van der Waals surface area contributed by atoms with E-state index >= 15 is 0 Å². The molecule has 2 aromatic heterocycles. The second-order valence-corrected chi connectivity index (χ2v) is 6.37. The Labute approximate surface area is 141 Å². The fourth-order valence-corrected chi connectivity index (χ4v) is 3.46. The Balaban J connectivity index is 2.13. The summed E-state index contributed by atoms with van der Waals surface area (Å²) < 4.78 is 5.43. The fourth-order valence-electron chi connectivity index (χ4n) is 3.46. The van der Waals surface area contributed by atoms with E-state index in [4.69, 9.17) is 4.74 Å². The standard InChI is InChI=1S/C21H20N2O/c1-12-5-7-20-18(9-12)21(14(3)23-20)17-10-13(2)22-19-8-6-15(24-4)11-16(17)19/h5-11,23H,1-4H3. The third-order valence-electron chi connectivity index (χ3n) is 4.55. The van der Waals surface area contributed by atoms with Gasteiger partial charge >= 0.3 is 0 Å². The zero-order valence-electron chi connectivity index (χ0n) is 14.4. The van der Waals surface area contributed by atoms with Gasteiger partial charge in [-0.3, -0.25) is 4.98 Å². The van der Waals surface area contributed by atoms with Gasteiger partial charge in [-0.05, 0) is 62.7 Å². The number of pyridine rings is 1. The van der Waals surface area contributed by atoms with Crippen LogP contribution in [0.25, 0.3) is 32.9 Å². The first kappa shape index (κ1) is 14.8. The van der Waals surface area contributed by atoms with Crippen molar-refractivity contribution in [1.82, 2.24) is 9.97 Å². The predicted molar refractivity (Wildman–Crippen MR) is 99.8 cm³/mol. The Morgan fingerprint density at radius 3 is 2.54 bits per heavy atom. The van der Waals surface area contributed by atoms with E-state index in [1.54, 1.807) is 7.11 Å². The van der Waals surface area contributed by atoms with Gasteiger partial charge in [0.25, 0.3) is 0 Å². The van der Waals surface area contributed by atoms with E-state index in [-0.39, 0.29) is 0 Å². The third-order valence-corrected chi connectivity index (χ3v) is 4.55. The van der Waals surface area contributed by atoms with E-state index in [0.717, 1.165) is 22.3 Å². The van der Waals surface area contributed by atoms with E-state index in [1.165, 1.54) is 33.3 Å². The molecule has 0 bridgehead atoms. The summed E-state index contributed by atoms with van der Waals surface area (Å²) in [6.07, 6.45) is 0. The van der Waals surface area contributed by atoms with E-state index < -0.39 is 0 Å². The largest absolute Gasteiger partial charge is 0.497 e. The summed E-state index contributed by atoms with van der Waals surface area (Å²) in [5.41, 5.74) is 8.05. The average Bonchev–Trinajstić information content (AvgIpc) is 2.88. The molecule has 2 aromatic carbocycles. The molecule has 120 valence electrons. The molecule has 24 heavy (non-hydrogen) atoms. The number of hydrogen-bond acceptors (Lipinski definition) is 2. The lowest BCUT2D eigenvalue weighted by Crippen LogP contribution is -1.91. The molecule has 4 rings (SSSR count). The number of H-pyrrole nitrogens is 1. The van der Waals surface area contributed by atoms with Gasteiger partial charge < -0.3 is 9.72 Å². The zero-order valence-corrected chi connectivity index (χ0v) is 14.4. The molecule has 0 radical (unpaired) electrons. The molecule has 3 nitrogen and oxygen atoms in total. The number of methoxy groups -OCH3 is 1. The van der Waals surface area contributed by atoms with Gasteiger partial charge in [-0.2, -0.15) is 0 Å². The van der Waals surface area contributed by atoms with E-state index in [2.05, 4.69) is 54.1 Å². The number of nitrogens with one attached hydrogen (secondary N) is 1. The first-order valence-corrected chi connectivity index (χ1v) is 8.11. The molecule has 3 heteroatoms. The smallest absolute Gasteiger partial charge is 0.119 e. The van der Waals surface area contributed by atoms with Gasteiger partial charge in [0, 0.05) is 33.2 Å². The Hall–Kier alpha value is -2.81. The molecule has 0 amide bonds. The Morgan fingerprint density at radius 2 is 1.75 bits per heavy atom. The molecule has 0 aliphatic carbocycles. The van der Waals surface area contributed by atoms with Crippen LogP contribution in [0.2, 0.25) is 0 Å². The summed E-state index contributed by atoms with van der Waals surface area (Å²) in [5.74, 6) is 0.850. The minimum Gasteiger partial charge on any atom is -0.497 e. The van der Waals surface area contributed by atoms with Crippen LogP contribution in [0.15, 0.2) is 42.5 Å². The highest BCUT2D eigenvalue weighted by Gasteiger charge is 2.15. The van der Waals surface area contributed by atoms with E-state index in [1.807, 2.05) is 19.1 Å². The van der Waals surface area contributed by atoms with Crippen LogP contribution in [-0.4, -0.2) is 17.1 Å². The lowest BCUT2D eigenvalue weighted by atomic mass is 9.97. The van der Waals surface area contributed by atoms with Crippen molar-refractivity contribution in [3.05, 3.63) is 59.4 Å². The van der Waals surface area contributed by atoms with Crippen LogP contribution in [0, 0.1) is 20.8 Å². The molecule has 0 saturated carbocycles. The normalized spacial score (nSPS) is 11.3. The number of nitrogens with zero attached hydrogens (tertiary/aromatic N) is 1. The molecule has 0 spiro atoms. The highest BCUT2D eigenvalue weighted by molar-refractivity contribution is 6.06. The molecular weight excluding hydrogens is 296 g/mol. The summed E-state index contributed by atoms with van der Waals surface area (Å²) in [5, 5.41) is 2.37. The van der Waals surface area contributed by atoms with Crippen LogP contribution in [0.5, 0.6) is 5.75 Å². The lowest BCUT2D eigenvalue weighted by Gasteiger charge is -2.10. The number of fused-ring (bicyclic) bond motifs is 2. The van der Waals surface area contributed by atoms with Crippen molar-refractivity contribution in [3.63, 3.8) is 0 Å². The van der Waals surface area contributed by atoms with Gasteiger partial charge in [0.15, 0.2) is 0 Å². The van der Waals surface area contributed by atoms with E-state index in [0.29, 0.717) is 0 Å². The summed E-state index contributed by atoms with van der Waals surface area (Å²) in [4.78, 5) is 8.20. The molecule has 2 heterocycles. The Morgan fingerprint density at radius 1 is 0.917 bits per heavy atom. The summed E-state index contributed by atoms with van der Waals surface area (Å²) in [6.45, 7) is 6.31. The number of rotatable bonds is 2. The minimum atomic E-state index is 0.850. The monoisotopic (exact) mass is 316 g/mol. The number of hydrogen-bond donors (Lipinski definition) is 1. The van der Waals surface area contributed by atoms with Crippen molar-refractivity contribution in [2.24, 2.45) is 0 Å². The third kappa shape index (κ3) is 2.24. The highest BCUT2D eigenvalue weighted by atomic mass is 16.5. The maximum atomic E-state index is 5.43. The minimum absolute atomic E-state index is 0.850. The summed E-state index contributed by atoms with van der Waals surface area (Å²) >= 11 is 0. The number of aromatic nitrogens is 2. The van der Waals surface area contributed by atoms with Crippen molar-refractivity contribution in [3.8, 4) is 16.9 Å². The van der Waals surface area contributed by atoms with Crippen molar-refractivity contribution in [2.75, 3.05) is 7.11 Å². The first-order valence-electron chi connectivity index (χ1n) is 8.11. The second kappa shape index (κ2) is 5.38. The van der Waals surface area contributed by atoms with Crippen molar-refractivity contribution in [1.29, 1.82) is 0 Å². The van der Waals surface area contributed by atoms with Crippen molar-refractivity contribution < 1.29 is 4.74 Å². The number of ether oxygens (including phenoxy) is 1. The van der Waals surface area contributed by atoms with Crippen LogP contribution in [-0.2, 0) is 0 Å². The molecule has 0 atom stereocenters. The highest BCUT2D eigenvalue weighted by Crippen LogP contribution is 2.38. The molecule has 4 aromatic rings. The maximum absolute atomic E-state index is 5.43. The molecule has 0 unspecified atom stereocenters. The number of aryl methyl sites for hydroxylation is 3. The van der Waals surface area contributed by atoms with Crippen LogP contribution < -0.4 is 4.74 Å². The molecule has 0 aliphatic heterocycles. The first-order chi connectivity index (χ1) is 11.6. The van der Waals surface area contributed by atoms with Crippen LogP contribution >= 0.6 is 0 Å². The lowest BCUT2D eigenvalue weighted by molar-refractivity contribution is 0.415. The quantitative estimate of drug-likeness (QED) is 0.543. The number of benzene rings is 2. The van der Waals surface area contributed by atoms with Gasteiger partial charge in [0.1, 0.15) is 5.75 Å². The van der Waals surface area contributed by atoms with Crippen LogP contribution in [0.4, 0.5) is 0 Å². The Bertz CT molecular complexity index is 1080. The maximum Gasteiger partial charge on any atom is 0.119 e. The van der Waals surface area contributed by atoms with Gasteiger partial charge in [-0.25, -0.2) is 0 Å². The van der Waals surface area contributed by atoms with Crippen molar-refractivity contribution in [2.45, 2.75) is 20.8 Å².